The van der Waals surface area contributed by atoms with Crippen LogP contribution in [0.3, 0.4) is 0 Å². The summed E-state index contributed by atoms with van der Waals surface area (Å²) >= 11 is 0. The van der Waals surface area contributed by atoms with Gasteiger partial charge in [-0.15, -0.1) is 0 Å². The Bertz CT molecular complexity index is 387. The fourth-order valence-corrected chi connectivity index (χ4v) is 3.17. The second-order valence-electron chi connectivity index (χ2n) is 5.48. The molecule has 4 nitrogen and oxygen atoms in total. The first kappa shape index (κ1) is 12.8. The van der Waals surface area contributed by atoms with Crippen molar-refractivity contribution >= 4 is 5.69 Å². The Morgan fingerprint density at radius 3 is 2.42 bits per heavy atom. The molecule has 0 amide bonds. The molecule has 2 aliphatic heterocycles. The molecule has 0 spiro atoms. The van der Waals surface area contributed by atoms with Gasteiger partial charge in [0.1, 0.15) is 5.75 Å². The Balaban J connectivity index is 1.84. The van der Waals surface area contributed by atoms with E-state index in [2.05, 4.69) is 27.7 Å². The lowest BCUT2D eigenvalue weighted by atomic mass is 9.89. The van der Waals surface area contributed by atoms with Crippen molar-refractivity contribution in [3.8, 4) is 5.75 Å². The number of hydrogen-bond donors (Lipinski definition) is 3. The summed E-state index contributed by atoms with van der Waals surface area (Å²) in [6.45, 7) is 6.06. The second kappa shape index (κ2) is 5.80. The van der Waals surface area contributed by atoms with Gasteiger partial charge in [-0.1, -0.05) is 12.1 Å². The largest absolute Gasteiger partial charge is 0.505 e. The molecular formula is C15H23N3O. The van der Waals surface area contributed by atoms with E-state index >= 15 is 0 Å². The Labute approximate surface area is 114 Å². The van der Waals surface area contributed by atoms with Crippen molar-refractivity contribution in [1.82, 2.24) is 10.6 Å². The van der Waals surface area contributed by atoms with Crippen LogP contribution >= 0.6 is 0 Å². The van der Waals surface area contributed by atoms with Crippen molar-refractivity contribution < 1.29 is 5.11 Å². The zero-order valence-electron chi connectivity index (χ0n) is 11.4. The summed E-state index contributed by atoms with van der Waals surface area (Å²) in [4.78, 5) is 2.29. The maximum absolute atomic E-state index is 10.6. The highest BCUT2D eigenvalue weighted by atomic mass is 16.3. The van der Waals surface area contributed by atoms with Crippen LogP contribution in [0.5, 0.6) is 5.75 Å². The molecule has 0 aromatic heterocycles. The third kappa shape index (κ3) is 2.69. The van der Waals surface area contributed by atoms with Gasteiger partial charge >= 0.3 is 0 Å². The minimum atomic E-state index is 0.504. The molecular weight excluding hydrogens is 238 g/mol. The van der Waals surface area contributed by atoms with E-state index in [-0.39, 0.29) is 0 Å². The molecule has 0 unspecified atom stereocenters. The van der Waals surface area contributed by atoms with Crippen molar-refractivity contribution in [2.45, 2.75) is 18.8 Å². The van der Waals surface area contributed by atoms with Gasteiger partial charge in [0.25, 0.3) is 0 Å². The summed E-state index contributed by atoms with van der Waals surface area (Å²) in [6, 6.07) is 6.23. The highest BCUT2D eigenvalue weighted by Crippen LogP contribution is 2.38. The Kier molecular flexibility index (Phi) is 3.89. The van der Waals surface area contributed by atoms with Crippen LogP contribution in [0.4, 0.5) is 5.69 Å². The molecule has 104 valence electrons. The fraction of sp³-hybridized carbons (Fsp3) is 0.600. The molecule has 19 heavy (non-hydrogen) atoms. The molecule has 2 aliphatic rings. The molecule has 1 aromatic rings. The normalized spacial score (nSPS) is 21.6. The molecule has 4 heteroatoms. The maximum atomic E-state index is 10.6. The molecule has 3 rings (SSSR count). The van der Waals surface area contributed by atoms with E-state index in [4.69, 9.17) is 0 Å². The van der Waals surface area contributed by atoms with E-state index in [0.717, 1.165) is 63.4 Å². The molecule has 0 saturated carbocycles. The molecule has 3 N–H and O–H groups in total. The standard InChI is InChI=1S/C15H23N3O/c19-15-13(12-4-6-16-7-5-12)2-1-3-14(15)18-10-8-17-9-11-18/h1-3,12,16-17,19H,4-11H2. The zero-order valence-corrected chi connectivity index (χ0v) is 11.4. The molecule has 0 radical (unpaired) electrons. The van der Waals surface area contributed by atoms with Crippen molar-refractivity contribution in [2.75, 3.05) is 44.2 Å². The summed E-state index contributed by atoms with van der Waals surface area (Å²) in [6.07, 6.45) is 2.25. The first-order valence-corrected chi connectivity index (χ1v) is 7.34. The third-order valence-corrected chi connectivity index (χ3v) is 4.28. The van der Waals surface area contributed by atoms with Gasteiger partial charge in [0.05, 0.1) is 5.69 Å². The number of hydrogen-bond acceptors (Lipinski definition) is 4. The molecule has 2 heterocycles. The lowest BCUT2D eigenvalue weighted by Gasteiger charge is -2.31. The van der Waals surface area contributed by atoms with Crippen LogP contribution in [-0.4, -0.2) is 44.4 Å². The van der Waals surface area contributed by atoms with Gasteiger partial charge in [0.15, 0.2) is 0 Å². The minimum absolute atomic E-state index is 0.504. The molecule has 0 bridgehead atoms. The van der Waals surface area contributed by atoms with Crippen molar-refractivity contribution in [1.29, 1.82) is 0 Å². The van der Waals surface area contributed by atoms with E-state index in [9.17, 15) is 5.11 Å². The van der Waals surface area contributed by atoms with Gasteiger partial charge in [-0.3, -0.25) is 0 Å². The van der Waals surface area contributed by atoms with Crippen LogP contribution in [-0.2, 0) is 0 Å². The third-order valence-electron chi connectivity index (χ3n) is 4.28. The predicted molar refractivity (Wildman–Crippen MR) is 78.0 cm³/mol. The van der Waals surface area contributed by atoms with Gasteiger partial charge in [-0.2, -0.15) is 0 Å². The van der Waals surface area contributed by atoms with Crippen LogP contribution in [0, 0.1) is 0 Å². The average molecular weight is 261 g/mol. The van der Waals surface area contributed by atoms with Gasteiger partial charge < -0.3 is 20.6 Å². The summed E-state index contributed by atoms with van der Waals surface area (Å²) in [7, 11) is 0. The number of benzene rings is 1. The van der Waals surface area contributed by atoms with Gasteiger partial charge in [-0.05, 0) is 43.5 Å². The SMILES string of the molecule is Oc1c(C2CCNCC2)cccc1N1CCNCC1. The molecule has 0 atom stereocenters. The quantitative estimate of drug-likeness (QED) is 0.750. The predicted octanol–water partition coefficient (Wildman–Crippen LogP) is 1.27. The smallest absolute Gasteiger partial charge is 0.142 e. The van der Waals surface area contributed by atoms with Crippen LogP contribution in [0.2, 0.25) is 0 Å². The summed E-state index contributed by atoms with van der Waals surface area (Å²) < 4.78 is 0. The monoisotopic (exact) mass is 261 g/mol. The van der Waals surface area contributed by atoms with Gasteiger partial charge in [-0.25, -0.2) is 0 Å². The van der Waals surface area contributed by atoms with Crippen molar-refractivity contribution in [2.24, 2.45) is 0 Å². The van der Waals surface area contributed by atoms with Crippen LogP contribution in [0.1, 0.15) is 24.3 Å². The number of aromatic hydroxyl groups is 1. The molecule has 2 fully saturated rings. The zero-order chi connectivity index (χ0) is 13.1. The first-order valence-electron chi connectivity index (χ1n) is 7.34. The number of piperazine rings is 1. The van der Waals surface area contributed by atoms with Crippen LogP contribution in [0.15, 0.2) is 18.2 Å². The summed E-state index contributed by atoms with van der Waals surface area (Å²) in [5.74, 6) is 1.01. The number of piperidine rings is 1. The number of para-hydroxylation sites is 1. The van der Waals surface area contributed by atoms with E-state index in [0.29, 0.717) is 11.7 Å². The number of anilines is 1. The summed E-state index contributed by atoms with van der Waals surface area (Å²) in [5.41, 5.74) is 2.15. The van der Waals surface area contributed by atoms with E-state index < -0.39 is 0 Å². The average Bonchev–Trinajstić information content (AvgIpc) is 2.49. The first-order chi connectivity index (χ1) is 9.36. The molecule has 0 aliphatic carbocycles. The minimum Gasteiger partial charge on any atom is -0.505 e. The topological polar surface area (TPSA) is 47.5 Å². The highest BCUT2D eigenvalue weighted by Gasteiger charge is 2.22. The number of rotatable bonds is 2. The summed E-state index contributed by atoms with van der Waals surface area (Å²) in [5, 5.41) is 17.3. The van der Waals surface area contributed by atoms with Gasteiger partial charge in [0.2, 0.25) is 0 Å². The van der Waals surface area contributed by atoms with Crippen molar-refractivity contribution in [3.63, 3.8) is 0 Å². The number of phenolic OH excluding ortho intramolecular Hbond substituents is 1. The lowest BCUT2D eigenvalue weighted by Crippen LogP contribution is -2.43. The lowest BCUT2D eigenvalue weighted by molar-refractivity contribution is 0.423. The number of phenols is 1. The van der Waals surface area contributed by atoms with Gasteiger partial charge in [0, 0.05) is 26.2 Å². The fourth-order valence-electron chi connectivity index (χ4n) is 3.17. The van der Waals surface area contributed by atoms with E-state index in [1.54, 1.807) is 0 Å². The Morgan fingerprint density at radius 2 is 1.68 bits per heavy atom. The molecule has 2 saturated heterocycles. The van der Waals surface area contributed by atoms with Crippen molar-refractivity contribution in [3.05, 3.63) is 23.8 Å². The number of nitrogens with zero attached hydrogens (tertiary/aromatic N) is 1. The van der Waals surface area contributed by atoms with Crippen LogP contribution in [0.25, 0.3) is 0 Å². The Hall–Kier alpha value is -1.26. The van der Waals surface area contributed by atoms with E-state index in [1.165, 1.54) is 0 Å². The van der Waals surface area contributed by atoms with E-state index in [1.807, 2.05) is 6.07 Å². The number of nitrogens with one attached hydrogen (secondary N) is 2. The second-order valence-corrected chi connectivity index (χ2v) is 5.48. The molecule has 1 aromatic carbocycles. The van der Waals surface area contributed by atoms with Crippen LogP contribution < -0.4 is 15.5 Å². The maximum Gasteiger partial charge on any atom is 0.142 e. The highest BCUT2D eigenvalue weighted by molar-refractivity contribution is 5.62. The Morgan fingerprint density at radius 1 is 1.00 bits per heavy atom.